The molecule has 38 heavy (non-hydrogen) atoms. The molecule has 0 fully saturated rings. The average Bonchev–Trinajstić information content (AvgIpc) is 3.64. The molecular formula is C34H20S4+2. The van der Waals surface area contributed by atoms with Crippen LogP contribution in [-0.4, -0.2) is 0 Å². The van der Waals surface area contributed by atoms with E-state index < -0.39 is 0 Å². The summed E-state index contributed by atoms with van der Waals surface area (Å²) in [6, 6.07) is 40.0. The van der Waals surface area contributed by atoms with Gasteiger partial charge in [0.05, 0.1) is 9.75 Å². The lowest BCUT2D eigenvalue weighted by atomic mass is 9.95. The van der Waals surface area contributed by atoms with E-state index in [1.165, 1.54) is 72.4 Å². The van der Waals surface area contributed by atoms with E-state index in [4.69, 9.17) is 0 Å². The lowest BCUT2D eigenvalue weighted by molar-refractivity contribution is 1.76. The second-order valence-electron chi connectivity index (χ2n) is 9.27. The molecule has 8 aromatic rings. The Kier molecular flexibility index (Phi) is 5.34. The lowest BCUT2D eigenvalue weighted by Crippen LogP contribution is -1.86. The Labute approximate surface area is 236 Å². The first kappa shape index (κ1) is 22.4. The third-order valence-corrected chi connectivity index (χ3v) is 11.4. The highest BCUT2D eigenvalue weighted by atomic mass is 32.1. The lowest BCUT2D eigenvalue weighted by Gasteiger charge is -2.10. The molecule has 0 spiro atoms. The number of benzene rings is 4. The summed E-state index contributed by atoms with van der Waals surface area (Å²) in [5.74, 6) is 0. The van der Waals surface area contributed by atoms with Crippen LogP contribution < -0.4 is 0 Å². The van der Waals surface area contributed by atoms with Gasteiger partial charge in [-0.25, -0.2) is 0 Å². The van der Waals surface area contributed by atoms with Gasteiger partial charge in [-0.3, -0.25) is 0 Å². The Hall–Kier alpha value is -3.54. The number of hydrogen-bond acceptors (Lipinski definition) is 2. The van der Waals surface area contributed by atoms with Crippen LogP contribution in [0.25, 0.3) is 72.4 Å². The first-order valence-corrected chi connectivity index (χ1v) is 15.9. The van der Waals surface area contributed by atoms with Gasteiger partial charge in [0.2, 0.25) is 41.5 Å². The highest BCUT2D eigenvalue weighted by Gasteiger charge is 2.25. The summed E-state index contributed by atoms with van der Waals surface area (Å²) in [6.07, 6.45) is 0. The van der Waals surface area contributed by atoms with E-state index in [0.717, 1.165) is 0 Å². The minimum atomic E-state index is 1.33. The van der Waals surface area contributed by atoms with E-state index in [-0.39, 0.29) is 0 Å². The van der Waals surface area contributed by atoms with Gasteiger partial charge in [0.1, 0.15) is 0 Å². The van der Waals surface area contributed by atoms with Crippen molar-refractivity contribution in [2.75, 3.05) is 0 Å². The summed E-state index contributed by atoms with van der Waals surface area (Å²) in [7, 11) is 0. The monoisotopic (exact) mass is 556 g/mol. The predicted molar refractivity (Wildman–Crippen MR) is 173 cm³/mol. The Morgan fingerprint density at radius 3 is 1.03 bits per heavy atom. The van der Waals surface area contributed by atoms with Crippen molar-refractivity contribution in [1.82, 2.24) is 0 Å². The van der Waals surface area contributed by atoms with Crippen LogP contribution in [0.5, 0.6) is 0 Å². The first-order chi connectivity index (χ1) is 18.9. The van der Waals surface area contributed by atoms with Crippen molar-refractivity contribution in [3.8, 4) is 32.0 Å². The summed E-state index contributed by atoms with van der Waals surface area (Å²) in [5.41, 5.74) is 5.34. The molecule has 0 bridgehead atoms. The van der Waals surface area contributed by atoms with Gasteiger partial charge in [-0.1, -0.05) is 48.5 Å². The Bertz CT molecular complexity index is 1880. The van der Waals surface area contributed by atoms with Crippen LogP contribution in [0.4, 0.5) is 0 Å². The maximum Gasteiger partial charge on any atom is 0.239 e. The third kappa shape index (κ3) is 3.45. The van der Waals surface area contributed by atoms with Gasteiger partial charge < -0.3 is 0 Å². The van der Waals surface area contributed by atoms with Crippen LogP contribution in [0.3, 0.4) is 0 Å². The quantitative estimate of drug-likeness (QED) is 0.150. The fraction of sp³-hybridized carbons (Fsp3) is 0. The van der Waals surface area contributed by atoms with Gasteiger partial charge in [-0.15, -0.1) is 22.7 Å². The number of thiophene rings is 2. The molecule has 0 aliphatic heterocycles. The zero-order valence-corrected chi connectivity index (χ0v) is 23.4. The Morgan fingerprint density at radius 1 is 0.368 bits per heavy atom. The van der Waals surface area contributed by atoms with Gasteiger partial charge in [0.25, 0.3) is 0 Å². The molecule has 0 unspecified atom stereocenters. The maximum absolute atomic E-state index is 2.33. The molecule has 4 heterocycles. The van der Waals surface area contributed by atoms with Crippen molar-refractivity contribution < 1.29 is 0 Å². The van der Waals surface area contributed by atoms with Crippen molar-refractivity contribution in [2.24, 2.45) is 0 Å². The Morgan fingerprint density at radius 2 is 0.684 bits per heavy atom. The van der Waals surface area contributed by atoms with Gasteiger partial charge in [0.15, 0.2) is 0 Å². The molecule has 0 saturated heterocycles. The average molecular weight is 557 g/mol. The smallest absolute Gasteiger partial charge is 0.142 e. The summed E-state index contributed by atoms with van der Waals surface area (Å²) in [4.78, 5) is 2.70. The van der Waals surface area contributed by atoms with Gasteiger partial charge in [0, 0.05) is 68.1 Å². The molecule has 0 nitrogen and oxygen atoms in total. The molecule has 4 heteroatoms. The fourth-order valence-corrected chi connectivity index (χ4v) is 9.70. The Balaban J connectivity index is 1.44. The zero-order chi connectivity index (χ0) is 25.1. The fourth-order valence-electron chi connectivity index (χ4n) is 5.52. The van der Waals surface area contributed by atoms with E-state index in [2.05, 4.69) is 120 Å². The molecule has 0 aliphatic carbocycles. The normalized spacial score (nSPS) is 11.7. The summed E-state index contributed by atoms with van der Waals surface area (Å²) < 4.78 is 5.30. The molecule has 4 aromatic heterocycles. The number of fused-ring (bicyclic) bond motifs is 4. The largest absolute Gasteiger partial charge is 0.239 e. The molecule has 0 atom stereocenters. The molecule has 0 aliphatic rings. The van der Waals surface area contributed by atoms with Crippen molar-refractivity contribution >= 4 is 85.7 Å². The van der Waals surface area contributed by atoms with E-state index in [1.54, 1.807) is 0 Å². The van der Waals surface area contributed by atoms with Crippen LogP contribution in [0.2, 0.25) is 0 Å². The molecule has 0 radical (unpaired) electrons. The number of hydrogen-bond donors (Lipinski definition) is 0. The summed E-state index contributed by atoms with van der Waals surface area (Å²) in [5, 5.41) is 9.82. The van der Waals surface area contributed by atoms with Gasteiger partial charge in [-0.2, -0.15) is 0 Å². The van der Waals surface area contributed by atoms with Gasteiger partial charge in [-0.05, 0) is 47.2 Å². The maximum atomic E-state index is 2.33. The second kappa shape index (κ2) is 9.04. The molecule has 4 aromatic carbocycles. The van der Waals surface area contributed by atoms with E-state index >= 15 is 0 Å². The number of rotatable bonds is 3. The summed E-state index contributed by atoms with van der Waals surface area (Å²) in [6.45, 7) is 0. The van der Waals surface area contributed by atoms with E-state index in [1.807, 2.05) is 45.3 Å². The predicted octanol–water partition coefficient (Wildman–Crippen LogP) is 12.1. The van der Waals surface area contributed by atoms with Crippen molar-refractivity contribution in [3.05, 3.63) is 120 Å². The van der Waals surface area contributed by atoms with Crippen LogP contribution >= 0.6 is 45.3 Å². The van der Waals surface area contributed by atoms with Crippen molar-refractivity contribution in [3.63, 3.8) is 0 Å². The van der Waals surface area contributed by atoms with Crippen LogP contribution in [0.1, 0.15) is 0 Å². The van der Waals surface area contributed by atoms with E-state index in [0.29, 0.717) is 0 Å². The van der Waals surface area contributed by atoms with Crippen molar-refractivity contribution in [1.29, 1.82) is 0 Å². The molecule has 0 saturated carbocycles. The topological polar surface area (TPSA) is 0 Å². The standard InChI is InChI=1S/C34H20S4/c1-5-13-27-21(9-1)31(22-10-2-6-14-28(22)37-27)25-17-19-35-33(25)34-26(18-20-36-34)32-23-11-3-7-15-29(23)38-30-16-8-4-12-24(30)32/h1-20H/q+2. The second-order valence-corrected chi connectivity index (χ2v) is 13.3. The molecule has 8 rings (SSSR count). The highest BCUT2D eigenvalue weighted by Crippen LogP contribution is 2.51. The molecule has 178 valence electrons. The van der Waals surface area contributed by atoms with Crippen LogP contribution in [0.15, 0.2) is 120 Å². The molecule has 0 N–H and O–H groups in total. The first-order valence-electron chi connectivity index (χ1n) is 12.5. The minimum absolute atomic E-state index is 1.33. The minimum Gasteiger partial charge on any atom is -0.142 e. The third-order valence-electron chi connectivity index (χ3n) is 7.14. The van der Waals surface area contributed by atoms with Crippen molar-refractivity contribution in [2.45, 2.75) is 0 Å². The highest BCUT2D eigenvalue weighted by molar-refractivity contribution is 7.25. The molecular weight excluding hydrogens is 537 g/mol. The molecule has 0 amide bonds. The van der Waals surface area contributed by atoms with Crippen LogP contribution in [0, 0.1) is 0 Å². The van der Waals surface area contributed by atoms with Gasteiger partial charge >= 0.3 is 0 Å². The van der Waals surface area contributed by atoms with E-state index in [9.17, 15) is 0 Å². The zero-order valence-electron chi connectivity index (χ0n) is 20.2. The summed E-state index contributed by atoms with van der Waals surface area (Å²) >= 11 is 7.46. The SMILES string of the molecule is c1ccc2c(-c3ccsc3-c3sccc3-c3c4ccccc4[s+]c4ccccc34)c3ccccc3[s+]c2c1. The van der Waals surface area contributed by atoms with Crippen LogP contribution in [-0.2, 0) is 0 Å².